The Kier molecular flexibility index (Phi) is 5.82. The van der Waals surface area contributed by atoms with Crippen molar-refractivity contribution in [2.75, 3.05) is 13.1 Å². The van der Waals surface area contributed by atoms with Crippen molar-refractivity contribution in [2.24, 2.45) is 5.41 Å². The second-order valence-corrected chi connectivity index (χ2v) is 5.57. The van der Waals surface area contributed by atoms with E-state index in [1.165, 1.54) is 12.1 Å². The predicted molar refractivity (Wildman–Crippen MR) is 77.6 cm³/mol. The van der Waals surface area contributed by atoms with E-state index in [-0.39, 0.29) is 30.2 Å². The highest BCUT2D eigenvalue weighted by Gasteiger charge is 2.37. The summed E-state index contributed by atoms with van der Waals surface area (Å²) < 4.78 is 38.7. The van der Waals surface area contributed by atoms with Crippen LogP contribution in [0.5, 0.6) is 0 Å². The Morgan fingerprint density at radius 2 is 1.81 bits per heavy atom. The Morgan fingerprint density at radius 3 is 2.38 bits per heavy atom. The van der Waals surface area contributed by atoms with Crippen LogP contribution in [0.3, 0.4) is 0 Å². The molecule has 2 rings (SSSR count). The Labute approximate surface area is 128 Å². The molecule has 0 atom stereocenters. The number of hydrogen-bond donors (Lipinski definition) is 1. The first-order valence-electron chi connectivity index (χ1n) is 6.72. The summed E-state index contributed by atoms with van der Waals surface area (Å²) >= 11 is 0. The van der Waals surface area contributed by atoms with Gasteiger partial charge in [-0.2, -0.15) is 13.2 Å². The molecular weight excluding hydrogens is 303 g/mol. The molecule has 0 aromatic heterocycles. The Bertz CT molecular complexity index is 496. The summed E-state index contributed by atoms with van der Waals surface area (Å²) in [5.74, 6) is -0.101. The van der Waals surface area contributed by atoms with Crippen molar-refractivity contribution in [3.8, 4) is 0 Å². The smallest absolute Gasteiger partial charge is 0.317 e. The van der Waals surface area contributed by atoms with Gasteiger partial charge in [-0.15, -0.1) is 12.4 Å². The molecule has 0 amide bonds. The first-order chi connectivity index (χ1) is 9.33. The summed E-state index contributed by atoms with van der Waals surface area (Å²) in [6, 6.07) is 5.32. The van der Waals surface area contributed by atoms with E-state index in [2.05, 4.69) is 5.32 Å². The summed E-state index contributed by atoms with van der Waals surface area (Å²) in [5, 5.41) is 3.16. The Balaban J connectivity index is 0.00000220. The molecule has 1 aromatic carbocycles. The largest absolute Gasteiger partial charge is 0.416 e. The van der Waals surface area contributed by atoms with Gasteiger partial charge in [-0.1, -0.05) is 25.1 Å². The second-order valence-electron chi connectivity index (χ2n) is 5.57. The minimum absolute atomic E-state index is 0. The van der Waals surface area contributed by atoms with Crippen molar-refractivity contribution in [1.29, 1.82) is 0 Å². The van der Waals surface area contributed by atoms with E-state index >= 15 is 0 Å². The van der Waals surface area contributed by atoms with Crippen molar-refractivity contribution in [1.82, 2.24) is 5.32 Å². The second kappa shape index (κ2) is 6.79. The SMILES string of the molecule is CC1(C(=O)Cc2ccccc2C(F)(F)F)CCNCC1.Cl. The fourth-order valence-electron chi connectivity index (χ4n) is 2.59. The van der Waals surface area contributed by atoms with Crippen LogP contribution in [0.25, 0.3) is 0 Å². The van der Waals surface area contributed by atoms with Gasteiger partial charge in [0, 0.05) is 11.8 Å². The van der Waals surface area contributed by atoms with Gasteiger partial charge in [-0.05, 0) is 37.6 Å². The van der Waals surface area contributed by atoms with Crippen molar-refractivity contribution in [3.63, 3.8) is 0 Å². The molecule has 118 valence electrons. The first kappa shape index (κ1) is 18.0. The number of ketones is 1. The zero-order chi connectivity index (χ0) is 14.8. The molecule has 0 spiro atoms. The Hall–Kier alpha value is -1.07. The summed E-state index contributed by atoms with van der Waals surface area (Å²) in [6.07, 6.45) is -3.20. The molecule has 6 heteroatoms. The molecule has 1 saturated heterocycles. The number of hydrogen-bond acceptors (Lipinski definition) is 2. The van der Waals surface area contributed by atoms with Gasteiger partial charge in [0.2, 0.25) is 0 Å². The molecule has 1 aliphatic rings. The number of halogens is 4. The first-order valence-corrected chi connectivity index (χ1v) is 6.72. The molecule has 0 saturated carbocycles. The molecule has 0 radical (unpaired) electrons. The maximum atomic E-state index is 12.9. The molecule has 0 unspecified atom stereocenters. The van der Waals surface area contributed by atoms with Gasteiger partial charge in [-0.3, -0.25) is 4.79 Å². The van der Waals surface area contributed by atoms with Gasteiger partial charge >= 0.3 is 6.18 Å². The minimum atomic E-state index is -4.41. The molecule has 1 aromatic rings. The van der Waals surface area contributed by atoms with Gasteiger partial charge in [-0.25, -0.2) is 0 Å². The van der Waals surface area contributed by atoms with Crippen molar-refractivity contribution in [3.05, 3.63) is 35.4 Å². The van der Waals surface area contributed by atoms with Crippen LogP contribution in [0.15, 0.2) is 24.3 Å². The van der Waals surface area contributed by atoms with Gasteiger partial charge in [0.25, 0.3) is 0 Å². The summed E-state index contributed by atoms with van der Waals surface area (Å²) in [6.45, 7) is 3.33. The lowest BCUT2D eigenvalue weighted by Crippen LogP contribution is -2.40. The molecule has 1 fully saturated rings. The molecule has 0 aliphatic carbocycles. The zero-order valence-corrected chi connectivity index (χ0v) is 12.6. The lowest BCUT2D eigenvalue weighted by molar-refractivity contribution is -0.138. The number of carbonyl (C=O) groups is 1. The molecular formula is C15H19ClF3NO. The van der Waals surface area contributed by atoms with Crippen molar-refractivity contribution < 1.29 is 18.0 Å². The van der Waals surface area contributed by atoms with Crippen LogP contribution in [0.2, 0.25) is 0 Å². The van der Waals surface area contributed by atoms with E-state index in [1.54, 1.807) is 6.07 Å². The highest BCUT2D eigenvalue weighted by Crippen LogP contribution is 2.35. The lowest BCUT2D eigenvalue weighted by Gasteiger charge is -2.32. The third kappa shape index (κ3) is 4.20. The average Bonchev–Trinajstić information content (AvgIpc) is 2.39. The van der Waals surface area contributed by atoms with Crippen LogP contribution >= 0.6 is 12.4 Å². The topological polar surface area (TPSA) is 29.1 Å². The quantitative estimate of drug-likeness (QED) is 0.921. The summed E-state index contributed by atoms with van der Waals surface area (Å²) in [7, 11) is 0. The number of carbonyl (C=O) groups excluding carboxylic acids is 1. The number of alkyl halides is 3. The molecule has 21 heavy (non-hydrogen) atoms. The summed E-state index contributed by atoms with van der Waals surface area (Å²) in [5.41, 5.74) is -1.14. The van der Waals surface area contributed by atoms with Crippen LogP contribution in [-0.4, -0.2) is 18.9 Å². The van der Waals surface area contributed by atoms with E-state index in [9.17, 15) is 18.0 Å². The third-order valence-electron chi connectivity index (χ3n) is 4.05. The highest BCUT2D eigenvalue weighted by atomic mass is 35.5. The number of piperidine rings is 1. The highest BCUT2D eigenvalue weighted by molar-refractivity contribution is 5.87. The minimum Gasteiger partial charge on any atom is -0.317 e. The van der Waals surface area contributed by atoms with Gasteiger partial charge in [0.05, 0.1) is 5.56 Å². The van der Waals surface area contributed by atoms with E-state index in [0.717, 1.165) is 19.2 Å². The molecule has 1 N–H and O–H groups in total. The van der Waals surface area contributed by atoms with E-state index in [0.29, 0.717) is 12.8 Å². The molecule has 2 nitrogen and oxygen atoms in total. The number of nitrogens with one attached hydrogen (secondary N) is 1. The molecule has 1 aliphatic heterocycles. The van der Waals surface area contributed by atoms with Crippen LogP contribution in [0, 0.1) is 5.41 Å². The van der Waals surface area contributed by atoms with E-state index in [4.69, 9.17) is 0 Å². The van der Waals surface area contributed by atoms with Gasteiger partial charge in [0.15, 0.2) is 0 Å². The zero-order valence-electron chi connectivity index (χ0n) is 11.8. The molecule has 1 heterocycles. The lowest BCUT2D eigenvalue weighted by atomic mass is 9.75. The number of benzene rings is 1. The van der Waals surface area contributed by atoms with Crippen LogP contribution in [0.4, 0.5) is 13.2 Å². The third-order valence-corrected chi connectivity index (χ3v) is 4.05. The fraction of sp³-hybridized carbons (Fsp3) is 0.533. The predicted octanol–water partition coefficient (Wildman–Crippen LogP) is 3.63. The maximum absolute atomic E-state index is 12.9. The summed E-state index contributed by atoms with van der Waals surface area (Å²) in [4.78, 5) is 12.4. The van der Waals surface area contributed by atoms with Gasteiger partial charge in [0.1, 0.15) is 5.78 Å². The van der Waals surface area contributed by atoms with Crippen molar-refractivity contribution in [2.45, 2.75) is 32.4 Å². The standard InChI is InChI=1S/C15H18F3NO.ClH/c1-14(6-8-19-9-7-14)13(20)10-11-4-2-3-5-12(11)15(16,17)18;/h2-5,19H,6-10H2,1H3;1H. The maximum Gasteiger partial charge on any atom is 0.416 e. The van der Waals surface area contributed by atoms with Crippen LogP contribution in [-0.2, 0) is 17.4 Å². The number of rotatable bonds is 3. The van der Waals surface area contributed by atoms with Crippen LogP contribution < -0.4 is 5.32 Å². The fourth-order valence-corrected chi connectivity index (χ4v) is 2.59. The van der Waals surface area contributed by atoms with Gasteiger partial charge < -0.3 is 5.32 Å². The normalized spacial score (nSPS) is 17.9. The monoisotopic (exact) mass is 321 g/mol. The van der Waals surface area contributed by atoms with Crippen molar-refractivity contribution >= 4 is 18.2 Å². The average molecular weight is 322 g/mol. The van der Waals surface area contributed by atoms with Crippen LogP contribution in [0.1, 0.15) is 30.9 Å². The van der Waals surface area contributed by atoms with E-state index in [1.807, 2.05) is 6.92 Å². The number of Topliss-reactive ketones (excluding diaryl/α,β-unsaturated/α-hetero) is 1. The van der Waals surface area contributed by atoms with E-state index < -0.39 is 17.2 Å². The molecule has 0 bridgehead atoms. The Morgan fingerprint density at radius 1 is 1.24 bits per heavy atom.